The van der Waals surface area contributed by atoms with Gasteiger partial charge in [0, 0.05) is 0 Å². The van der Waals surface area contributed by atoms with E-state index in [1.54, 1.807) is 13.3 Å². The predicted octanol–water partition coefficient (Wildman–Crippen LogP) is 5.19. The van der Waals surface area contributed by atoms with Gasteiger partial charge in [-0.1, -0.05) is 0 Å². The number of unbranched alkanes of at least 4 members (excludes halogenated alkanes) is 3. The maximum absolute atomic E-state index is 6.46. The molecule has 0 aromatic heterocycles. The van der Waals surface area contributed by atoms with Gasteiger partial charge < -0.3 is 0 Å². The fraction of sp³-hybridized carbons (Fsp3) is 1.00. The van der Waals surface area contributed by atoms with Crippen molar-refractivity contribution < 1.29 is 0 Å². The second-order valence-corrected chi connectivity index (χ2v) is 35.8. The molecule has 0 rings (SSSR count). The van der Waals surface area contributed by atoms with Crippen molar-refractivity contribution in [2.24, 2.45) is 0 Å². The minimum atomic E-state index is -1.71. The molecule has 0 aromatic carbocycles. The predicted molar refractivity (Wildman–Crippen MR) is 76.5 cm³/mol. The summed E-state index contributed by atoms with van der Waals surface area (Å²) in [4.78, 5) is 0. The summed E-state index contributed by atoms with van der Waals surface area (Å²) in [6, 6.07) is 0. The van der Waals surface area contributed by atoms with Crippen molar-refractivity contribution >= 4 is 39.1 Å². The third-order valence-corrected chi connectivity index (χ3v) is 39.5. The normalized spacial score (nSPS) is 11.5. The molecule has 0 aliphatic rings. The average molecular weight is 350 g/mol. The van der Waals surface area contributed by atoms with Crippen LogP contribution in [0.1, 0.15) is 59.3 Å². The van der Waals surface area contributed by atoms with E-state index in [1.165, 1.54) is 38.5 Å². The SMILES string of the molecule is CCC[CH2][Sn]([CH2]CCC)([CH2]CCC)[Mg][Cl]. The van der Waals surface area contributed by atoms with Crippen LogP contribution in [0, 0.1) is 0 Å². The van der Waals surface area contributed by atoms with Crippen molar-refractivity contribution in [2.45, 2.75) is 72.6 Å². The van der Waals surface area contributed by atoms with Crippen LogP contribution < -0.4 is 0 Å². The molecular weight excluding hydrogens is 323 g/mol. The molecule has 0 nitrogen and oxygen atoms in total. The quantitative estimate of drug-likeness (QED) is 0.476. The Balaban J connectivity index is 4.16. The molecule has 0 aromatic rings. The summed E-state index contributed by atoms with van der Waals surface area (Å²) in [5, 5.41) is 0. The first-order valence-corrected chi connectivity index (χ1v) is 21.8. The molecule has 15 heavy (non-hydrogen) atoms. The van der Waals surface area contributed by atoms with Crippen LogP contribution >= 0.6 is 9.07 Å². The Kier molecular flexibility index (Phi) is 12.3. The van der Waals surface area contributed by atoms with Gasteiger partial charge in [0.05, 0.1) is 0 Å². The monoisotopic (exact) mass is 350 g/mol. The molecule has 0 spiro atoms. The van der Waals surface area contributed by atoms with Crippen molar-refractivity contribution in [2.75, 3.05) is 0 Å². The topological polar surface area (TPSA) is 0 Å². The van der Waals surface area contributed by atoms with Crippen LogP contribution in [0.4, 0.5) is 0 Å². The van der Waals surface area contributed by atoms with Gasteiger partial charge >= 0.3 is 112 Å². The summed E-state index contributed by atoms with van der Waals surface area (Å²) in [7, 11) is 6.46. The van der Waals surface area contributed by atoms with Crippen molar-refractivity contribution in [1.29, 1.82) is 0 Å². The van der Waals surface area contributed by atoms with Gasteiger partial charge in [0.1, 0.15) is 0 Å². The molecule has 88 valence electrons. The van der Waals surface area contributed by atoms with Crippen molar-refractivity contribution in [1.82, 2.24) is 0 Å². The van der Waals surface area contributed by atoms with Gasteiger partial charge in [-0.05, 0) is 0 Å². The second-order valence-electron chi connectivity index (χ2n) is 4.94. The van der Waals surface area contributed by atoms with E-state index in [9.17, 15) is 0 Å². The van der Waals surface area contributed by atoms with E-state index in [-0.39, 0.29) is 15.4 Å². The Hall–Kier alpha value is 1.85. The first-order chi connectivity index (χ1) is 7.24. The minimum absolute atomic E-state index is 0.158. The molecule has 3 heteroatoms. The second kappa shape index (κ2) is 11.0. The zero-order valence-corrected chi connectivity index (χ0v) is 16.0. The van der Waals surface area contributed by atoms with Crippen molar-refractivity contribution in [3.05, 3.63) is 0 Å². The Morgan fingerprint density at radius 3 is 1.33 bits per heavy atom. The molecule has 0 heterocycles. The Labute approximate surface area is 111 Å². The summed E-state index contributed by atoms with van der Waals surface area (Å²) in [5.74, 6) is 0. The van der Waals surface area contributed by atoms with Crippen LogP contribution in [-0.4, -0.2) is 30.0 Å². The Morgan fingerprint density at radius 1 is 0.800 bits per heavy atom. The summed E-state index contributed by atoms with van der Waals surface area (Å²) in [5.41, 5.74) is 0. The van der Waals surface area contributed by atoms with Gasteiger partial charge in [-0.25, -0.2) is 0 Å². The van der Waals surface area contributed by atoms with E-state index in [4.69, 9.17) is 9.07 Å². The summed E-state index contributed by atoms with van der Waals surface area (Å²) in [6.45, 7) is 6.98. The Bertz CT molecular complexity index is 120. The molecule has 0 unspecified atom stereocenters. The fourth-order valence-corrected chi connectivity index (χ4v) is 30.8. The molecular formula is C12H27ClMgSn. The first-order valence-electron chi connectivity index (χ1n) is 6.80. The first kappa shape index (κ1) is 16.9. The summed E-state index contributed by atoms with van der Waals surface area (Å²) in [6.07, 6.45) is 8.56. The van der Waals surface area contributed by atoms with E-state index >= 15 is 0 Å². The van der Waals surface area contributed by atoms with Gasteiger partial charge in [-0.2, -0.15) is 0 Å². The van der Waals surface area contributed by atoms with Gasteiger partial charge in [0.2, 0.25) is 0 Å². The molecule has 0 aliphatic carbocycles. The molecule has 0 N–H and O–H groups in total. The molecule has 0 saturated carbocycles. The van der Waals surface area contributed by atoms with E-state index in [2.05, 4.69) is 20.8 Å². The molecule has 0 atom stereocenters. The van der Waals surface area contributed by atoms with E-state index in [0.29, 0.717) is 0 Å². The Morgan fingerprint density at radius 2 is 1.13 bits per heavy atom. The molecule has 0 aliphatic heterocycles. The maximum atomic E-state index is 6.46. The van der Waals surface area contributed by atoms with Crippen LogP contribution in [0.25, 0.3) is 0 Å². The van der Waals surface area contributed by atoms with Crippen LogP contribution in [0.2, 0.25) is 13.3 Å². The number of rotatable bonds is 10. The van der Waals surface area contributed by atoms with Crippen LogP contribution in [0.3, 0.4) is 0 Å². The van der Waals surface area contributed by atoms with E-state index in [0.717, 1.165) is 0 Å². The zero-order chi connectivity index (χ0) is 11.6. The van der Waals surface area contributed by atoms with Crippen molar-refractivity contribution in [3.63, 3.8) is 0 Å². The standard InChI is InChI=1S/3C4H9.ClH.Mg.Sn/c3*1-3-4-2;;;/h3*1,3-4H2,2H3;1H;;/q;;;;+1;/p-1. The number of halogens is 1. The number of hydrogen-bond donors (Lipinski definition) is 0. The van der Waals surface area contributed by atoms with E-state index < -0.39 is 14.6 Å². The molecule has 0 amide bonds. The third kappa shape index (κ3) is 7.72. The van der Waals surface area contributed by atoms with Crippen LogP contribution in [-0.2, 0) is 0 Å². The van der Waals surface area contributed by atoms with Crippen molar-refractivity contribution in [3.8, 4) is 0 Å². The van der Waals surface area contributed by atoms with Gasteiger partial charge in [0.25, 0.3) is 0 Å². The fourth-order valence-electron chi connectivity index (χ4n) is 2.23. The summed E-state index contributed by atoms with van der Waals surface area (Å²) >= 11 is -1.87. The van der Waals surface area contributed by atoms with Crippen LogP contribution in [0.15, 0.2) is 0 Å². The molecule has 0 bridgehead atoms. The number of hydrogen-bond acceptors (Lipinski definition) is 0. The van der Waals surface area contributed by atoms with E-state index in [1.807, 2.05) is 0 Å². The van der Waals surface area contributed by atoms with Crippen LogP contribution in [0.5, 0.6) is 0 Å². The summed E-state index contributed by atoms with van der Waals surface area (Å²) < 4.78 is 4.84. The molecule has 0 fully saturated rings. The van der Waals surface area contributed by atoms with Gasteiger partial charge in [-0.15, -0.1) is 0 Å². The molecule has 0 radical (unpaired) electrons. The molecule has 0 saturated heterocycles. The third-order valence-electron chi connectivity index (χ3n) is 3.47. The van der Waals surface area contributed by atoms with Gasteiger partial charge in [-0.3, -0.25) is 0 Å². The van der Waals surface area contributed by atoms with Gasteiger partial charge in [0.15, 0.2) is 0 Å². The zero-order valence-electron chi connectivity index (χ0n) is 10.9. The average Bonchev–Trinajstić information content (AvgIpc) is 2.29.